The van der Waals surface area contributed by atoms with E-state index in [4.69, 9.17) is 127 Å². The summed E-state index contributed by atoms with van der Waals surface area (Å²) in [4.78, 5) is 28.6. The molecule has 0 aliphatic heterocycles. The maximum absolute atomic E-state index is 10.0. The van der Waals surface area contributed by atoms with Crippen molar-refractivity contribution in [3.05, 3.63) is 190 Å². The largest absolute Gasteiger partial charge is 0 e. The summed E-state index contributed by atoms with van der Waals surface area (Å²) in [6.07, 6.45) is 39.4. The number of hydrogen-bond donors (Lipinski definition) is 6. The van der Waals surface area contributed by atoms with Crippen LogP contribution in [0.5, 0.6) is 34.5 Å². The first-order valence-electron chi connectivity index (χ1n) is 44.1. The number of benzene rings is 6. The molecule has 6 N–H and O–H groups in total. The van der Waals surface area contributed by atoms with Gasteiger partial charge in [0.2, 0.25) is 0 Å². The van der Waals surface area contributed by atoms with E-state index in [9.17, 15) is 30.6 Å². The number of phenolic OH excluding ortho intramolecular Hbond substituents is 6. The first kappa shape index (κ1) is 121. The van der Waals surface area contributed by atoms with E-state index in [-0.39, 0.29) is 48.7 Å². The van der Waals surface area contributed by atoms with E-state index < -0.39 is 125 Å². The van der Waals surface area contributed by atoms with Crippen LogP contribution in [-0.4, -0.2) is 104 Å². The molecule has 31 heteroatoms. The van der Waals surface area contributed by atoms with Crippen LogP contribution in [0.3, 0.4) is 0 Å². The number of para-hydroxylation sites is 6. The molecule has 12 bridgehead atoms. The third-order valence-electron chi connectivity index (χ3n) is 29.0. The van der Waals surface area contributed by atoms with Crippen molar-refractivity contribution < 1.29 is 197 Å². The predicted molar refractivity (Wildman–Crippen MR) is 522 cm³/mol. The van der Waals surface area contributed by atoms with Gasteiger partial charge in [0, 0.05) is 112 Å². The van der Waals surface area contributed by atoms with Crippen molar-refractivity contribution in [1.29, 1.82) is 0 Å². The van der Waals surface area contributed by atoms with Crippen LogP contribution >= 0.6 is 102 Å². The van der Waals surface area contributed by atoms with Gasteiger partial charge in [0.05, 0.1) is 30.2 Å². The Morgan fingerprint density at radius 2 is 0.484 bits per heavy atom. The second kappa shape index (κ2) is 64.7. The summed E-state index contributed by atoms with van der Waals surface area (Å²) in [5.41, 5.74) is 10.6. The summed E-state index contributed by atoms with van der Waals surface area (Å²) >= 11 is -4.95. The van der Waals surface area contributed by atoms with Crippen LogP contribution in [0.2, 0.25) is 0 Å². The van der Waals surface area contributed by atoms with Gasteiger partial charge in [-0.15, -0.1) is 0 Å². The van der Waals surface area contributed by atoms with Crippen molar-refractivity contribution in [3.8, 4) is 34.5 Å². The minimum atomic E-state index is -0.826. The number of aromatic hydroxyl groups is 6. The van der Waals surface area contributed by atoms with Gasteiger partial charge in [-0.3, -0.25) is 25.0 Å². The third-order valence-corrected chi connectivity index (χ3v) is 29.0. The smallest absolute Gasteiger partial charge is 0 e. The molecule has 12 saturated carbocycles. The maximum Gasteiger partial charge on any atom is 0 e. The Morgan fingerprint density at radius 3 is 0.688 bits per heavy atom. The Hall–Kier alpha value is 2.28. The molecule has 18 rings (SSSR count). The van der Waals surface area contributed by atoms with Gasteiger partial charge in [-0.1, -0.05) is 139 Å². The van der Waals surface area contributed by atoms with Gasteiger partial charge in [-0.2, -0.15) is 5.92 Å². The Morgan fingerprint density at radius 1 is 0.289 bits per heavy atom. The van der Waals surface area contributed by atoms with Crippen molar-refractivity contribution in [1.82, 2.24) is 0 Å². The zero-order chi connectivity index (χ0) is 92.3. The Kier molecular flexibility index (Phi) is 61.1. The Balaban J connectivity index is 0.000000261. The molecule has 0 amide bonds. The molecule has 6 aromatic carbocycles. The number of rotatable bonds is 13. The van der Waals surface area contributed by atoms with Gasteiger partial charge in [0.15, 0.2) is 0 Å². The molecule has 0 aromatic heterocycles. The van der Waals surface area contributed by atoms with Gasteiger partial charge in [-0.25, -0.2) is 0 Å². The molecule has 12 aliphatic carbocycles. The maximum atomic E-state index is 10.0. The minimum absolute atomic E-state index is 0. The predicted octanol–water partition coefficient (Wildman–Crippen LogP) is 30.0. The van der Waals surface area contributed by atoms with Crippen molar-refractivity contribution >= 4 is 139 Å². The van der Waals surface area contributed by atoms with E-state index in [1.807, 2.05) is 188 Å². The van der Waals surface area contributed by atoms with E-state index >= 15 is 0 Å². The fourth-order valence-electron chi connectivity index (χ4n) is 22.3. The molecule has 0 saturated heterocycles. The second-order valence-electron chi connectivity index (χ2n) is 35.8. The van der Waals surface area contributed by atoms with Gasteiger partial charge >= 0.3 is 227 Å². The number of aliphatic imine (C=N–C) groups is 6. The van der Waals surface area contributed by atoms with Crippen LogP contribution in [0.15, 0.2) is 139 Å². The van der Waals surface area contributed by atoms with Gasteiger partial charge in [-0.05, 0) is 302 Å². The average molecular weight is 2590 g/mol. The van der Waals surface area contributed by atoms with Crippen molar-refractivity contribution in [2.75, 3.05) is 0 Å². The molecule has 12 aliphatic rings. The van der Waals surface area contributed by atoms with E-state index in [0.717, 1.165) is 144 Å². The molecule has 0 heterocycles. The van der Waals surface area contributed by atoms with Crippen molar-refractivity contribution in [2.24, 2.45) is 131 Å². The molecule has 1 radical (unpaired) electrons. The molecule has 0 spiro atoms. The van der Waals surface area contributed by atoms with Crippen LogP contribution in [0.1, 0.15) is 223 Å². The van der Waals surface area contributed by atoms with Crippen molar-refractivity contribution in [2.45, 2.75) is 234 Å². The fourth-order valence-corrected chi connectivity index (χ4v) is 22.3. The van der Waals surface area contributed by atoms with Crippen LogP contribution in [0.25, 0.3) is 0 Å². The van der Waals surface area contributed by atoms with E-state index in [1.165, 1.54) is 122 Å². The quantitative estimate of drug-likeness (QED) is 0.0492. The van der Waals surface area contributed by atoms with Gasteiger partial charge < -0.3 is 49.5 Å². The summed E-state index contributed by atoms with van der Waals surface area (Å²) in [6.45, 7) is 23.2. The number of nitrogens with zero attached hydrogens (tertiary/aromatic N) is 6. The summed E-state index contributed by atoms with van der Waals surface area (Å²) < 4.78 is 0. The second-order valence-corrected chi connectivity index (χ2v) is 58.2. The zero-order valence-corrected chi connectivity index (χ0v) is 103. The van der Waals surface area contributed by atoms with Crippen LogP contribution < -0.4 is 0 Å². The first-order valence-corrected chi connectivity index (χ1v) is 82.1. The molecule has 23 unspecified atom stereocenters. The molecule has 128 heavy (non-hydrogen) atoms. The summed E-state index contributed by atoms with van der Waals surface area (Å²) in [5, 5.41) is 59.8. The number of hydrogen-bond acceptors (Lipinski definition) is 12. The number of aryl methyl sites for hydroxylation is 6. The molecular weight excluding hydrogens is 2460 g/mol. The average Bonchev–Trinajstić information content (AvgIpc) is 1.65. The fraction of sp³-hybridized carbons (Fsp3) is 0.546. The summed E-state index contributed by atoms with van der Waals surface area (Å²) in [5.74, 6) is 15.8. The standard InChI is InChI=1S/C17H23NO.4C16H21NO.C15H18NO.CH3.12ClH.Pr.6Zr/c1-3-15-12-7-8-13(9-12)16(15)18-10-14-6-4-5-11(2)17(14)19;4*1-10-4-3-5-14(16(10)18)9-17-15-11(2)12-6-7-13(15)8-12;1-10-3-2-4-13(15(10)17)9-16-14-8-11-5-6-12(14)7-11;;;;;;;;;;;;;;;;;;;;/h4-6,10,12-13,15-16,19H,3,7-9H2,1-2H3;4*3-5,9,11-13,15,18H,6-8H2,1-2H3;2-4,8-9,11-12,14,17H,5-7H2,1H3;1H3;12*1H;;;;;;;/q;;;;;2*-1;;;;;;;;;;;;;;6*+2/p-12. The Bertz CT molecular complexity index is 4080. The number of fused-ring (bicyclic) bond motifs is 12. The summed E-state index contributed by atoms with van der Waals surface area (Å²) in [7, 11) is 59.2. The van der Waals surface area contributed by atoms with E-state index in [1.54, 1.807) is 0 Å². The molecule has 6 aromatic rings. The summed E-state index contributed by atoms with van der Waals surface area (Å²) in [6, 6.07) is 37.7. The third kappa shape index (κ3) is 36.0. The molecule has 12 nitrogen and oxygen atoms in total. The van der Waals surface area contributed by atoms with Crippen LogP contribution in [0.4, 0.5) is 0 Å². The van der Waals surface area contributed by atoms with E-state index in [0.29, 0.717) is 94.4 Å². The van der Waals surface area contributed by atoms with Gasteiger partial charge in [0.25, 0.3) is 0 Å². The number of phenols is 6. The van der Waals surface area contributed by atoms with Gasteiger partial charge in [0.1, 0.15) is 34.5 Å². The van der Waals surface area contributed by atoms with Crippen molar-refractivity contribution in [3.63, 3.8) is 0 Å². The number of halogens is 12. The molecule has 23 atom stereocenters. The molecular formula is C97H128Cl12N6O6PrZr6-2. The SMILES string of the molecule is CCC1C2CCC(C2)C1N=Cc1cccc(C)c1O.Cc1cccc(C=NC2C3CCC(C3)C2C)c1O.Cc1cccc(C=NC2C3CCC(C3)C2C)c1O.Cc1cccc(C=NC2C3CCC(C3)C2C)c1O.Cc1cccc(C=NC2C3CCC(C3)C2C)c1O.Cc1cccc(C=NC2[CH-]C3CCC2C3)c1O.[CH3-].[Cl][Zr][Cl].[Cl][Zr][Cl].[Cl][Zr][Cl].[Cl][Zr][Cl].[Cl][Zr][Cl].[Cl][Zr][Cl].[Pr]. The van der Waals surface area contributed by atoms with Crippen LogP contribution in [-0.2, 0) is 125 Å². The van der Waals surface area contributed by atoms with E-state index in [2.05, 4.69) is 46.0 Å². The minimum Gasteiger partial charge on any atom is 0 e. The molecule has 695 valence electrons. The monoisotopic (exact) mass is 2570 g/mol. The Labute approximate surface area is 911 Å². The molecule has 12 fully saturated rings. The zero-order valence-electron chi connectivity index (χ0n) is 75.6. The topological polar surface area (TPSA) is 196 Å². The first-order chi connectivity index (χ1) is 60.6. The van der Waals surface area contributed by atoms with Crippen LogP contribution in [0, 0.1) is 197 Å². The normalized spacial score (nSPS) is 29.2.